The first-order valence-corrected chi connectivity index (χ1v) is 4.54. The van der Waals surface area contributed by atoms with Gasteiger partial charge in [-0.15, -0.1) is 0 Å². The van der Waals surface area contributed by atoms with Gasteiger partial charge in [0, 0.05) is 5.56 Å². The summed E-state index contributed by atoms with van der Waals surface area (Å²) in [5.74, 6) is 0.144. The van der Waals surface area contributed by atoms with E-state index in [0.29, 0.717) is 6.54 Å². The molecule has 0 amide bonds. The second-order valence-corrected chi connectivity index (χ2v) is 3.00. The molecule has 0 fully saturated rings. The highest BCUT2D eigenvalue weighted by Crippen LogP contribution is 2.05. The molecule has 2 nitrogen and oxygen atoms in total. The molecular formula is C11H15NO. The highest BCUT2D eigenvalue weighted by molar-refractivity contribution is 5.97. The van der Waals surface area contributed by atoms with E-state index in [4.69, 9.17) is 0 Å². The van der Waals surface area contributed by atoms with Crippen molar-refractivity contribution in [2.24, 2.45) is 0 Å². The summed E-state index contributed by atoms with van der Waals surface area (Å²) in [6, 6.07) is 7.78. The van der Waals surface area contributed by atoms with E-state index in [1.807, 2.05) is 24.3 Å². The fourth-order valence-electron chi connectivity index (χ4n) is 1.19. The van der Waals surface area contributed by atoms with Crippen molar-refractivity contribution in [3.63, 3.8) is 0 Å². The van der Waals surface area contributed by atoms with Crippen LogP contribution in [0.25, 0.3) is 0 Å². The van der Waals surface area contributed by atoms with Gasteiger partial charge in [0.1, 0.15) is 0 Å². The van der Waals surface area contributed by atoms with Crippen LogP contribution in [0.1, 0.15) is 22.8 Å². The average molecular weight is 177 g/mol. The predicted molar refractivity (Wildman–Crippen MR) is 54.1 cm³/mol. The van der Waals surface area contributed by atoms with Crippen molar-refractivity contribution in [3.05, 3.63) is 35.4 Å². The summed E-state index contributed by atoms with van der Waals surface area (Å²) in [5.41, 5.74) is 2.05. The Morgan fingerprint density at radius 2 is 1.92 bits per heavy atom. The monoisotopic (exact) mass is 177 g/mol. The molecular weight excluding hydrogens is 162 g/mol. The summed E-state index contributed by atoms with van der Waals surface area (Å²) in [4.78, 5) is 11.4. The maximum atomic E-state index is 11.4. The molecule has 0 saturated carbocycles. The van der Waals surface area contributed by atoms with E-state index < -0.39 is 0 Å². The zero-order valence-corrected chi connectivity index (χ0v) is 8.13. The van der Waals surface area contributed by atoms with Crippen LogP contribution in [0.2, 0.25) is 0 Å². The zero-order chi connectivity index (χ0) is 9.68. The molecule has 0 spiro atoms. The van der Waals surface area contributed by atoms with E-state index in [1.165, 1.54) is 5.56 Å². The second kappa shape index (κ2) is 4.77. The van der Waals surface area contributed by atoms with E-state index in [9.17, 15) is 4.79 Å². The highest BCUT2D eigenvalue weighted by atomic mass is 16.1. The van der Waals surface area contributed by atoms with Crippen molar-refractivity contribution in [1.82, 2.24) is 5.32 Å². The Bertz CT molecular complexity index is 277. The summed E-state index contributed by atoms with van der Waals surface area (Å²) in [6.45, 7) is 2.51. The van der Waals surface area contributed by atoms with Crippen LogP contribution in [0.4, 0.5) is 0 Å². The molecule has 0 aliphatic heterocycles. The van der Waals surface area contributed by atoms with Gasteiger partial charge in [-0.2, -0.15) is 0 Å². The van der Waals surface area contributed by atoms with Gasteiger partial charge in [0.25, 0.3) is 0 Å². The van der Waals surface area contributed by atoms with Gasteiger partial charge in [-0.1, -0.05) is 31.2 Å². The molecule has 0 bridgehead atoms. The first-order chi connectivity index (χ1) is 6.27. The molecule has 0 unspecified atom stereocenters. The van der Waals surface area contributed by atoms with E-state index in [2.05, 4.69) is 12.2 Å². The quantitative estimate of drug-likeness (QED) is 0.708. The second-order valence-electron chi connectivity index (χ2n) is 3.00. The molecule has 0 atom stereocenters. The Morgan fingerprint density at radius 1 is 1.31 bits per heavy atom. The van der Waals surface area contributed by atoms with E-state index in [-0.39, 0.29) is 5.78 Å². The lowest BCUT2D eigenvalue weighted by Crippen LogP contribution is -2.18. The van der Waals surface area contributed by atoms with Gasteiger partial charge in [0.05, 0.1) is 6.54 Å². The summed E-state index contributed by atoms with van der Waals surface area (Å²) < 4.78 is 0. The number of Topliss-reactive ketones (excluding diaryl/α,β-unsaturated/α-hetero) is 1. The van der Waals surface area contributed by atoms with Gasteiger partial charge in [-0.05, 0) is 19.0 Å². The van der Waals surface area contributed by atoms with Crippen LogP contribution in [0.5, 0.6) is 0 Å². The van der Waals surface area contributed by atoms with Crippen molar-refractivity contribution in [3.8, 4) is 0 Å². The normalized spacial score (nSPS) is 10.0. The van der Waals surface area contributed by atoms with Crippen LogP contribution in [-0.4, -0.2) is 19.4 Å². The van der Waals surface area contributed by atoms with E-state index in [0.717, 1.165) is 12.0 Å². The molecule has 1 rings (SSSR count). The van der Waals surface area contributed by atoms with Crippen LogP contribution < -0.4 is 5.32 Å². The molecule has 0 saturated heterocycles. The molecule has 0 aromatic heterocycles. The third kappa shape index (κ3) is 2.67. The molecule has 1 aromatic carbocycles. The van der Waals surface area contributed by atoms with Gasteiger partial charge in [0.15, 0.2) is 5.78 Å². The Morgan fingerprint density at radius 3 is 2.38 bits per heavy atom. The number of aryl methyl sites for hydroxylation is 1. The molecule has 0 heterocycles. The molecule has 70 valence electrons. The maximum Gasteiger partial charge on any atom is 0.176 e. The molecule has 0 radical (unpaired) electrons. The summed E-state index contributed by atoms with van der Waals surface area (Å²) in [5, 5.41) is 2.85. The van der Waals surface area contributed by atoms with Crippen molar-refractivity contribution < 1.29 is 4.79 Å². The molecule has 2 heteroatoms. The molecule has 0 aliphatic carbocycles. The largest absolute Gasteiger partial charge is 0.313 e. The van der Waals surface area contributed by atoms with Gasteiger partial charge >= 0.3 is 0 Å². The lowest BCUT2D eigenvalue weighted by molar-refractivity contribution is 0.0993. The van der Waals surface area contributed by atoms with Gasteiger partial charge in [-0.25, -0.2) is 0 Å². The number of likely N-dealkylation sites (N-methyl/N-ethyl adjacent to an activating group) is 1. The number of nitrogens with one attached hydrogen (secondary N) is 1. The molecule has 1 N–H and O–H groups in total. The van der Waals surface area contributed by atoms with Crippen molar-refractivity contribution in [2.45, 2.75) is 13.3 Å². The van der Waals surface area contributed by atoms with Crippen LogP contribution in [0.15, 0.2) is 24.3 Å². The van der Waals surface area contributed by atoms with Crippen LogP contribution in [0, 0.1) is 0 Å². The van der Waals surface area contributed by atoms with Gasteiger partial charge in [-0.3, -0.25) is 4.79 Å². The van der Waals surface area contributed by atoms with E-state index in [1.54, 1.807) is 7.05 Å². The van der Waals surface area contributed by atoms with Gasteiger partial charge < -0.3 is 5.32 Å². The number of carbonyl (C=O) groups excluding carboxylic acids is 1. The number of carbonyl (C=O) groups is 1. The van der Waals surface area contributed by atoms with Crippen LogP contribution >= 0.6 is 0 Å². The summed E-state index contributed by atoms with van der Waals surface area (Å²) in [7, 11) is 1.78. The van der Waals surface area contributed by atoms with Crippen molar-refractivity contribution in [2.75, 3.05) is 13.6 Å². The van der Waals surface area contributed by atoms with E-state index >= 15 is 0 Å². The molecule has 13 heavy (non-hydrogen) atoms. The Labute approximate surface area is 79.0 Å². The third-order valence-corrected chi connectivity index (χ3v) is 2.02. The minimum Gasteiger partial charge on any atom is -0.313 e. The summed E-state index contributed by atoms with van der Waals surface area (Å²) >= 11 is 0. The fourth-order valence-corrected chi connectivity index (χ4v) is 1.19. The first-order valence-electron chi connectivity index (χ1n) is 4.54. The lowest BCUT2D eigenvalue weighted by Gasteiger charge is -2.01. The topological polar surface area (TPSA) is 29.1 Å². The predicted octanol–water partition coefficient (Wildman–Crippen LogP) is 1.65. The Kier molecular flexibility index (Phi) is 3.65. The maximum absolute atomic E-state index is 11.4. The van der Waals surface area contributed by atoms with Crippen LogP contribution in [0.3, 0.4) is 0 Å². The standard InChI is InChI=1S/C11H15NO/c1-3-9-4-6-10(7-5-9)11(13)8-12-2/h4-7,12H,3,8H2,1-2H3. The average Bonchev–Trinajstić information content (AvgIpc) is 2.18. The van der Waals surface area contributed by atoms with Gasteiger partial charge in [0.2, 0.25) is 0 Å². The zero-order valence-electron chi connectivity index (χ0n) is 8.13. The Hall–Kier alpha value is -1.15. The number of hydrogen-bond acceptors (Lipinski definition) is 2. The van der Waals surface area contributed by atoms with Crippen LogP contribution in [-0.2, 0) is 6.42 Å². The fraction of sp³-hybridized carbons (Fsp3) is 0.364. The molecule has 0 aliphatic rings. The first kappa shape index (κ1) is 9.93. The van der Waals surface area contributed by atoms with Crippen molar-refractivity contribution in [1.29, 1.82) is 0 Å². The smallest absolute Gasteiger partial charge is 0.176 e. The SMILES string of the molecule is CCc1ccc(C(=O)CNC)cc1. The number of rotatable bonds is 4. The minimum atomic E-state index is 0.144. The highest BCUT2D eigenvalue weighted by Gasteiger charge is 2.02. The summed E-state index contributed by atoms with van der Waals surface area (Å²) in [6.07, 6.45) is 1.01. The number of hydrogen-bond donors (Lipinski definition) is 1. The van der Waals surface area contributed by atoms with Crippen molar-refractivity contribution >= 4 is 5.78 Å². The third-order valence-electron chi connectivity index (χ3n) is 2.02. The lowest BCUT2D eigenvalue weighted by atomic mass is 10.1. The number of ketones is 1. The Balaban J connectivity index is 2.74. The molecule has 1 aromatic rings. The number of benzene rings is 1. The minimum absolute atomic E-state index is 0.144.